The minimum atomic E-state index is 0.385. The molecule has 0 saturated carbocycles. The van der Waals surface area contributed by atoms with Crippen LogP contribution in [0.4, 0.5) is 5.69 Å². The van der Waals surface area contributed by atoms with E-state index in [2.05, 4.69) is 66.3 Å². The van der Waals surface area contributed by atoms with Crippen LogP contribution in [0.5, 0.6) is 0 Å². The summed E-state index contributed by atoms with van der Waals surface area (Å²) in [4.78, 5) is 1.40. The molecule has 19 heavy (non-hydrogen) atoms. The number of hydrogen-bond donors (Lipinski definition) is 1. The Hall–Kier alpha value is -1.32. The Kier molecular flexibility index (Phi) is 3.58. The molecule has 0 amide bonds. The molecular weight excluding hydrogens is 270 g/mol. The van der Waals surface area contributed by atoms with Crippen LogP contribution in [0.2, 0.25) is 0 Å². The standard InChI is InChI=1S/C16H17NS2/c1-11(2)16(15-4-3-8-18-15)17-13-5-6-14-12(10-13)7-9-19-14/h3-11,16-17H,1-2H3. The van der Waals surface area contributed by atoms with Gasteiger partial charge in [0.2, 0.25) is 0 Å². The molecule has 0 aliphatic heterocycles. The molecule has 0 saturated heterocycles. The van der Waals surface area contributed by atoms with E-state index >= 15 is 0 Å². The maximum atomic E-state index is 3.68. The average Bonchev–Trinajstić information content (AvgIpc) is 3.06. The molecule has 1 unspecified atom stereocenters. The summed E-state index contributed by atoms with van der Waals surface area (Å²) < 4.78 is 1.35. The lowest BCUT2D eigenvalue weighted by molar-refractivity contribution is 0.554. The summed E-state index contributed by atoms with van der Waals surface area (Å²) in [5.41, 5.74) is 1.21. The van der Waals surface area contributed by atoms with Crippen LogP contribution in [-0.2, 0) is 0 Å². The molecule has 0 aliphatic carbocycles. The van der Waals surface area contributed by atoms with Gasteiger partial charge in [0.05, 0.1) is 6.04 Å². The molecule has 3 rings (SSSR count). The van der Waals surface area contributed by atoms with E-state index < -0.39 is 0 Å². The van der Waals surface area contributed by atoms with Crippen molar-refractivity contribution in [1.82, 2.24) is 0 Å². The highest BCUT2D eigenvalue weighted by molar-refractivity contribution is 7.17. The molecule has 1 aromatic carbocycles. The van der Waals surface area contributed by atoms with Gasteiger partial charge in [0.15, 0.2) is 0 Å². The van der Waals surface area contributed by atoms with Crippen molar-refractivity contribution in [3.63, 3.8) is 0 Å². The second-order valence-corrected chi connectivity index (χ2v) is 6.98. The molecule has 0 bridgehead atoms. The highest BCUT2D eigenvalue weighted by atomic mass is 32.1. The Morgan fingerprint density at radius 1 is 1.00 bits per heavy atom. The van der Waals surface area contributed by atoms with Gasteiger partial charge in [0.1, 0.15) is 0 Å². The Labute approximate surface area is 121 Å². The maximum Gasteiger partial charge on any atom is 0.0629 e. The van der Waals surface area contributed by atoms with E-state index in [0.717, 1.165) is 0 Å². The first kappa shape index (κ1) is 12.7. The van der Waals surface area contributed by atoms with Crippen LogP contribution >= 0.6 is 22.7 Å². The summed E-state index contributed by atoms with van der Waals surface area (Å²) in [7, 11) is 0. The molecule has 0 fully saturated rings. The van der Waals surface area contributed by atoms with Gasteiger partial charge in [-0.1, -0.05) is 19.9 Å². The molecule has 0 spiro atoms. The molecule has 1 N–H and O–H groups in total. The van der Waals surface area contributed by atoms with Crippen LogP contribution in [0.15, 0.2) is 47.2 Å². The smallest absolute Gasteiger partial charge is 0.0629 e. The zero-order valence-electron chi connectivity index (χ0n) is 11.1. The Morgan fingerprint density at radius 3 is 2.63 bits per heavy atom. The fourth-order valence-corrected chi connectivity index (χ4v) is 3.99. The monoisotopic (exact) mass is 287 g/mol. The van der Waals surface area contributed by atoms with Crippen molar-refractivity contribution in [3.8, 4) is 0 Å². The zero-order valence-corrected chi connectivity index (χ0v) is 12.7. The highest BCUT2D eigenvalue weighted by Gasteiger charge is 2.16. The Bertz CT molecular complexity index is 652. The van der Waals surface area contributed by atoms with Crippen molar-refractivity contribution in [1.29, 1.82) is 0 Å². The van der Waals surface area contributed by atoms with E-state index in [1.807, 2.05) is 11.3 Å². The number of rotatable bonds is 4. The predicted molar refractivity (Wildman–Crippen MR) is 87.3 cm³/mol. The second-order valence-electron chi connectivity index (χ2n) is 5.05. The van der Waals surface area contributed by atoms with Gasteiger partial charge >= 0.3 is 0 Å². The molecule has 0 aliphatic rings. The molecule has 2 aromatic heterocycles. The first-order valence-electron chi connectivity index (χ1n) is 6.51. The van der Waals surface area contributed by atoms with Gasteiger partial charge in [-0.3, -0.25) is 0 Å². The van der Waals surface area contributed by atoms with Crippen molar-refractivity contribution in [2.24, 2.45) is 5.92 Å². The molecule has 1 atom stereocenters. The lowest BCUT2D eigenvalue weighted by Crippen LogP contribution is -2.15. The van der Waals surface area contributed by atoms with E-state index in [-0.39, 0.29) is 0 Å². The predicted octanol–water partition coefficient (Wildman–Crippen LogP) is 5.77. The highest BCUT2D eigenvalue weighted by Crippen LogP contribution is 2.31. The molecular formula is C16H17NS2. The van der Waals surface area contributed by atoms with Crippen molar-refractivity contribution in [2.45, 2.75) is 19.9 Å². The molecule has 98 valence electrons. The largest absolute Gasteiger partial charge is 0.377 e. The summed E-state index contributed by atoms with van der Waals surface area (Å²) in [5.74, 6) is 0.567. The fourth-order valence-electron chi connectivity index (χ4n) is 2.27. The molecule has 0 radical (unpaired) electrons. The van der Waals surface area contributed by atoms with E-state index in [0.29, 0.717) is 12.0 Å². The summed E-state index contributed by atoms with van der Waals surface area (Å²) in [6, 6.07) is 13.5. The van der Waals surface area contributed by atoms with Gasteiger partial charge in [0, 0.05) is 15.3 Å². The number of benzene rings is 1. The lowest BCUT2D eigenvalue weighted by atomic mass is 10.0. The Morgan fingerprint density at radius 2 is 1.89 bits per heavy atom. The zero-order chi connectivity index (χ0) is 13.2. The summed E-state index contributed by atoms with van der Waals surface area (Å²) >= 11 is 3.62. The number of anilines is 1. The number of nitrogens with one attached hydrogen (secondary N) is 1. The summed E-state index contributed by atoms with van der Waals surface area (Å²) in [6.45, 7) is 4.53. The summed E-state index contributed by atoms with van der Waals surface area (Å²) in [5, 5.41) is 9.29. The van der Waals surface area contributed by atoms with Crippen LogP contribution in [0, 0.1) is 5.92 Å². The number of fused-ring (bicyclic) bond motifs is 1. The van der Waals surface area contributed by atoms with Crippen LogP contribution in [0.3, 0.4) is 0 Å². The van der Waals surface area contributed by atoms with Crippen LogP contribution < -0.4 is 5.32 Å². The van der Waals surface area contributed by atoms with E-state index in [1.165, 1.54) is 20.7 Å². The average molecular weight is 287 g/mol. The van der Waals surface area contributed by atoms with Gasteiger partial charge in [-0.25, -0.2) is 0 Å². The minimum Gasteiger partial charge on any atom is -0.377 e. The first-order chi connectivity index (χ1) is 9.24. The van der Waals surface area contributed by atoms with Gasteiger partial charge in [-0.15, -0.1) is 22.7 Å². The van der Waals surface area contributed by atoms with E-state index in [9.17, 15) is 0 Å². The van der Waals surface area contributed by atoms with Crippen molar-refractivity contribution < 1.29 is 0 Å². The van der Waals surface area contributed by atoms with Gasteiger partial charge in [0.25, 0.3) is 0 Å². The van der Waals surface area contributed by atoms with Gasteiger partial charge < -0.3 is 5.32 Å². The first-order valence-corrected chi connectivity index (χ1v) is 8.27. The third-order valence-electron chi connectivity index (χ3n) is 3.29. The fraction of sp³-hybridized carbons (Fsp3) is 0.250. The topological polar surface area (TPSA) is 12.0 Å². The molecule has 1 nitrogen and oxygen atoms in total. The van der Waals surface area contributed by atoms with Crippen molar-refractivity contribution >= 4 is 38.4 Å². The van der Waals surface area contributed by atoms with Gasteiger partial charge in [-0.2, -0.15) is 0 Å². The van der Waals surface area contributed by atoms with Crippen LogP contribution in [0.1, 0.15) is 24.8 Å². The third-order valence-corrected chi connectivity index (χ3v) is 5.14. The maximum absolute atomic E-state index is 3.68. The lowest BCUT2D eigenvalue weighted by Gasteiger charge is -2.22. The third kappa shape index (κ3) is 2.67. The Balaban J connectivity index is 1.89. The van der Waals surface area contributed by atoms with Crippen molar-refractivity contribution in [2.75, 3.05) is 5.32 Å². The number of thiophene rings is 2. The van der Waals surface area contributed by atoms with E-state index in [4.69, 9.17) is 0 Å². The van der Waals surface area contributed by atoms with Gasteiger partial charge in [-0.05, 0) is 52.4 Å². The minimum absolute atomic E-state index is 0.385. The molecule has 3 heteroatoms. The van der Waals surface area contributed by atoms with Crippen LogP contribution in [-0.4, -0.2) is 0 Å². The number of hydrogen-bond acceptors (Lipinski definition) is 3. The quantitative estimate of drug-likeness (QED) is 0.642. The normalized spacial score (nSPS) is 13.0. The molecule has 2 heterocycles. The van der Waals surface area contributed by atoms with Crippen LogP contribution in [0.25, 0.3) is 10.1 Å². The van der Waals surface area contributed by atoms with E-state index in [1.54, 1.807) is 11.3 Å². The van der Waals surface area contributed by atoms with Crippen molar-refractivity contribution in [3.05, 3.63) is 52.0 Å². The summed E-state index contributed by atoms with van der Waals surface area (Å²) in [6.07, 6.45) is 0. The second kappa shape index (κ2) is 5.35. The SMILES string of the molecule is CC(C)C(Nc1ccc2sccc2c1)c1cccs1. The molecule has 3 aromatic rings.